The van der Waals surface area contributed by atoms with E-state index in [0.717, 1.165) is 11.1 Å². The third kappa shape index (κ3) is 8.21. The fourth-order valence-electron chi connectivity index (χ4n) is 2.56. The van der Waals surface area contributed by atoms with Gasteiger partial charge in [0.05, 0.1) is 32.2 Å². The lowest BCUT2D eigenvalue weighted by molar-refractivity contribution is -0.384. The Bertz CT molecular complexity index is 935. The number of ether oxygens (including phenoxy) is 2. The largest absolute Gasteiger partial charge is 0.493 e. The van der Waals surface area contributed by atoms with E-state index in [-0.39, 0.29) is 42.1 Å². The van der Waals surface area contributed by atoms with E-state index in [1.54, 1.807) is 46.5 Å². The number of halogens is 1. The van der Waals surface area contributed by atoms with E-state index in [9.17, 15) is 14.9 Å². The summed E-state index contributed by atoms with van der Waals surface area (Å²) in [7, 11) is 6.49. The Labute approximate surface area is 204 Å². The van der Waals surface area contributed by atoms with Gasteiger partial charge < -0.3 is 25.0 Å². The Morgan fingerprint density at radius 2 is 1.66 bits per heavy atom. The summed E-state index contributed by atoms with van der Waals surface area (Å²) in [5.41, 5.74) is 1.76. The normalized spacial score (nSPS) is 10.6. The van der Waals surface area contributed by atoms with Gasteiger partial charge in [0.1, 0.15) is 0 Å². The molecule has 0 aliphatic heterocycles. The predicted molar refractivity (Wildman–Crippen MR) is 133 cm³/mol. The molecule has 2 aromatic rings. The van der Waals surface area contributed by atoms with Crippen molar-refractivity contribution in [1.82, 2.24) is 15.5 Å². The van der Waals surface area contributed by atoms with Crippen LogP contribution in [0.15, 0.2) is 47.5 Å². The molecule has 2 aromatic carbocycles. The van der Waals surface area contributed by atoms with Crippen LogP contribution in [0.2, 0.25) is 0 Å². The van der Waals surface area contributed by atoms with E-state index in [4.69, 9.17) is 9.47 Å². The minimum atomic E-state index is -0.443. The molecule has 0 aliphatic carbocycles. The van der Waals surface area contributed by atoms with Crippen LogP contribution in [-0.4, -0.2) is 56.5 Å². The number of benzene rings is 2. The highest BCUT2D eigenvalue weighted by molar-refractivity contribution is 14.0. The predicted octanol–water partition coefficient (Wildman–Crippen LogP) is 2.55. The van der Waals surface area contributed by atoms with Gasteiger partial charge in [-0.1, -0.05) is 18.2 Å². The number of hydrogen-bond acceptors (Lipinski definition) is 6. The summed E-state index contributed by atoms with van der Waals surface area (Å²) in [6.07, 6.45) is 0. The van der Waals surface area contributed by atoms with Crippen molar-refractivity contribution in [2.75, 3.05) is 34.9 Å². The number of carbonyl (C=O) groups excluding carboxylic acids is 1. The first-order valence-electron chi connectivity index (χ1n) is 9.50. The average Bonchev–Trinajstić information content (AvgIpc) is 2.78. The van der Waals surface area contributed by atoms with Crippen LogP contribution < -0.4 is 20.1 Å². The maximum Gasteiger partial charge on any atom is 0.269 e. The molecule has 2 rings (SSSR count). The van der Waals surface area contributed by atoms with Crippen LogP contribution in [0.1, 0.15) is 11.1 Å². The van der Waals surface area contributed by atoms with Crippen LogP contribution in [0.3, 0.4) is 0 Å². The van der Waals surface area contributed by atoms with Gasteiger partial charge in [0.15, 0.2) is 17.5 Å². The minimum Gasteiger partial charge on any atom is -0.493 e. The van der Waals surface area contributed by atoms with Crippen LogP contribution >= 0.6 is 24.0 Å². The monoisotopic (exact) mass is 557 g/mol. The van der Waals surface area contributed by atoms with E-state index >= 15 is 0 Å². The van der Waals surface area contributed by atoms with E-state index in [1.807, 2.05) is 12.1 Å². The number of aliphatic imine (C=N–C) groups is 1. The number of methoxy groups -OCH3 is 2. The summed E-state index contributed by atoms with van der Waals surface area (Å²) in [5.74, 6) is 1.56. The highest BCUT2D eigenvalue weighted by Gasteiger charge is 2.09. The van der Waals surface area contributed by atoms with Gasteiger partial charge in [-0.2, -0.15) is 0 Å². The van der Waals surface area contributed by atoms with Gasteiger partial charge in [0.25, 0.3) is 5.69 Å². The molecule has 11 heteroatoms. The number of nitro benzene ring substituents is 1. The number of carbonyl (C=O) groups is 1. The number of likely N-dealkylation sites (N-methyl/N-ethyl adjacent to an activating group) is 1. The smallest absolute Gasteiger partial charge is 0.269 e. The van der Waals surface area contributed by atoms with Crippen molar-refractivity contribution in [3.63, 3.8) is 0 Å². The molecule has 0 saturated heterocycles. The lowest BCUT2D eigenvalue weighted by Crippen LogP contribution is -2.42. The standard InChI is InChI=1S/C21H27N5O5.HI/c1-25(2)20(27)14-24-21(22-12-15-5-8-17(9-6-15)26(28)29)23-13-16-7-10-18(30-3)19(11-16)31-4;/h5-11H,12-14H2,1-4H3,(H2,22,23,24);1H. The Hall–Kier alpha value is -3.09. The van der Waals surface area contributed by atoms with Gasteiger partial charge in [-0.15, -0.1) is 24.0 Å². The molecule has 0 saturated carbocycles. The molecule has 10 nitrogen and oxygen atoms in total. The lowest BCUT2D eigenvalue weighted by atomic mass is 10.2. The van der Waals surface area contributed by atoms with Crippen LogP contribution in [0.5, 0.6) is 11.5 Å². The molecule has 0 spiro atoms. The van der Waals surface area contributed by atoms with E-state index in [2.05, 4.69) is 15.6 Å². The first kappa shape index (κ1) is 26.9. The van der Waals surface area contributed by atoms with Gasteiger partial charge >= 0.3 is 0 Å². The Kier molecular flexibility index (Phi) is 11.2. The van der Waals surface area contributed by atoms with Crippen LogP contribution in [-0.2, 0) is 17.9 Å². The third-order valence-corrected chi connectivity index (χ3v) is 4.38. The number of hydrogen-bond donors (Lipinski definition) is 2. The Morgan fingerprint density at radius 3 is 2.22 bits per heavy atom. The molecule has 0 aliphatic rings. The summed E-state index contributed by atoms with van der Waals surface area (Å²) >= 11 is 0. The van der Waals surface area contributed by atoms with E-state index < -0.39 is 4.92 Å². The van der Waals surface area contributed by atoms with Crippen molar-refractivity contribution in [2.24, 2.45) is 4.99 Å². The molecule has 0 radical (unpaired) electrons. The van der Waals surface area contributed by atoms with Crippen molar-refractivity contribution in [2.45, 2.75) is 13.1 Å². The van der Waals surface area contributed by atoms with Crippen molar-refractivity contribution in [3.8, 4) is 11.5 Å². The highest BCUT2D eigenvalue weighted by Crippen LogP contribution is 2.27. The molecule has 0 aromatic heterocycles. The molecule has 0 bridgehead atoms. The highest BCUT2D eigenvalue weighted by atomic mass is 127. The molecule has 1 amide bonds. The van der Waals surface area contributed by atoms with Crippen molar-refractivity contribution in [1.29, 1.82) is 0 Å². The molecule has 174 valence electrons. The maximum atomic E-state index is 11.9. The average molecular weight is 557 g/mol. The summed E-state index contributed by atoms with van der Waals surface area (Å²) in [6, 6.07) is 11.7. The molecule has 2 N–H and O–H groups in total. The van der Waals surface area contributed by atoms with Gasteiger partial charge in [-0.25, -0.2) is 4.99 Å². The molecular formula is C21H28IN5O5. The Morgan fingerprint density at radius 1 is 1.03 bits per heavy atom. The van der Waals surface area contributed by atoms with Crippen molar-refractivity contribution >= 4 is 41.5 Å². The zero-order chi connectivity index (χ0) is 22.8. The van der Waals surface area contributed by atoms with Gasteiger partial charge in [-0.05, 0) is 23.3 Å². The summed E-state index contributed by atoms with van der Waals surface area (Å²) in [4.78, 5) is 28.3. The summed E-state index contributed by atoms with van der Waals surface area (Å²) in [5, 5.41) is 16.9. The fourth-order valence-corrected chi connectivity index (χ4v) is 2.56. The van der Waals surface area contributed by atoms with Gasteiger partial charge in [-0.3, -0.25) is 14.9 Å². The molecule has 0 fully saturated rings. The number of rotatable bonds is 9. The SMILES string of the molecule is COc1ccc(CN=C(NCC(=O)N(C)C)NCc2ccc([N+](=O)[O-])cc2)cc1OC.I. The van der Waals surface area contributed by atoms with Gasteiger partial charge in [0.2, 0.25) is 5.91 Å². The second-order valence-electron chi connectivity index (χ2n) is 6.77. The number of nitrogens with zero attached hydrogens (tertiary/aromatic N) is 3. The maximum absolute atomic E-state index is 11.9. The van der Waals surface area contributed by atoms with Crippen LogP contribution in [0, 0.1) is 10.1 Å². The second-order valence-corrected chi connectivity index (χ2v) is 6.77. The number of non-ortho nitro benzene ring substituents is 1. The quantitative estimate of drug-likeness (QED) is 0.160. The lowest BCUT2D eigenvalue weighted by Gasteiger charge is -2.15. The van der Waals surface area contributed by atoms with Crippen molar-refractivity contribution < 1.29 is 19.2 Å². The zero-order valence-corrected chi connectivity index (χ0v) is 20.8. The summed E-state index contributed by atoms with van der Waals surface area (Å²) < 4.78 is 10.6. The first-order chi connectivity index (χ1) is 14.8. The second kappa shape index (κ2) is 13.3. The Balaban J connectivity index is 0.00000512. The van der Waals surface area contributed by atoms with Gasteiger partial charge in [0, 0.05) is 32.8 Å². The number of nitrogens with one attached hydrogen (secondary N) is 2. The topological polar surface area (TPSA) is 118 Å². The number of amides is 1. The van der Waals surface area contributed by atoms with Crippen LogP contribution in [0.25, 0.3) is 0 Å². The third-order valence-electron chi connectivity index (χ3n) is 4.38. The fraction of sp³-hybridized carbons (Fsp3) is 0.333. The minimum absolute atomic E-state index is 0. The molecule has 32 heavy (non-hydrogen) atoms. The number of nitro groups is 1. The molecule has 0 heterocycles. The molecule has 0 unspecified atom stereocenters. The number of guanidine groups is 1. The zero-order valence-electron chi connectivity index (χ0n) is 18.5. The molecular weight excluding hydrogens is 529 g/mol. The van der Waals surface area contributed by atoms with Crippen molar-refractivity contribution in [3.05, 3.63) is 63.7 Å². The summed E-state index contributed by atoms with van der Waals surface area (Å²) in [6.45, 7) is 0.795. The molecule has 0 atom stereocenters. The van der Waals surface area contributed by atoms with E-state index in [0.29, 0.717) is 30.5 Å². The van der Waals surface area contributed by atoms with E-state index in [1.165, 1.54) is 17.0 Å². The van der Waals surface area contributed by atoms with Crippen LogP contribution in [0.4, 0.5) is 5.69 Å². The first-order valence-corrected chi connectivity index (χ1v) is 9.50.